The minimum Gasteiger partial charge on any atom is -0.382 e. The molecule has 0 radical (unpaired) electrons. The second-order valence-electron chi connectivity index (χ2n) is 3.88. The summed E-state index contributed by atoms with van der Waals surface area (Å²) in [6, 6.07) is -0.335. The molecule has 1 aromatic heterocycles. The third-order valence-corrected chi connectivity index (χ3v) is 3.49. The van der Waals surface area contributed by atoms with Crippen molar-refractivity contribution in [3.63, 3.8) is 0 Å². The Labute approximate surface area is 102 Å². The van der Waals surface area contributed by atoms with Gasteiger partial charge in [0.25, 0.3) is 5.91 Å². The number of nitrogens with zero attached hydrogens (tertiary/aromatic N) is 2. The molecule has 0 aromatic carbocycles. The third kappa shape index (κ3) is 2.03. The number of carbonyl (C=O) groups is 2. The maximum Gasteiger partial charge on any atom is 0.255 e. The molecule has 2 amide bonds. The minimum atomic E-state index is -0.641. The zero-order valence-electron chi connectivity index (χ0n) is 9.27. The fourth-order valence-corrected chi connectivity index (χ4v) is 2.53. The lowest BCUT2D eigenvalue weighted by Gasteiger charge is -2.12. The number of likely N-dealkylation sites (tertiary alicyclic amines) is 1. The number of nitrogens with one attached hydrogen (secondary N) is 1. The molecule has 1 aromatic rings. The first kappa shape index (κ1) is 11.6. The number of hydrogen-bond donors (Lipinski definition) is 3. The van der Waals surface area contributed by atoms with E-state index in [-0.39, 0.29) is 23.3 Å². The van der Waals surface area contributed by atoms with E-state index >= 15 is 0 Å². The first-order chi connectivity index (χ1) is 8.00. The van der Waals surface area contributed by atoms with Gasteiger partial charge >= 0.3 is 0 Å². The third-order valence-electron chi connectivity index (χ3n) is 2.70. The molecular formula is C9H13N5O2S. The summed E-state index contributed by atoms with van der Waals surface area (Å²) in [5.74, 6) is -0.547. The average Bonchev–Trinajstić information content (AvgIpc) is 2.77. The highest BCUT2D eigenvalue weighted by atomic mass is 32.1. The molecule has 1 aliphatic heterocycles. The normalized spacial score (nSPS) is 19.7. The molecule has 8 heteroatoms. The molecule has 1 aliphatic rings. The van der Waals surface area contributed by atoms with Gasteiger partial charge in [-0.25, -0.2) is 0 Å². The van der Waals surface area contributed by atoms with Crippen LogP contribution in [0.3, 0.4) is 0 Å². The molecular weight excluding hydrogens is 242 g/mol. The van der Waals surface area contributed by atoms with Crippen LogP contribution in [0, 0.1) is 0 Å². The summed E-state index contributed by atoms with van der Waals surface area (Å²) < 4.78 is 3.86. The Hall–Kier alpha value is -1.83. The standard InChI is InChI=1S/C9H13N5O2S/c1-14-3-2-4(9(14)16)12-8-5(7(11)15)6(10)13-17-8/h4,12H,2-3H2,1H3,(H2,10,13)(H2,11,15). The van der Waals surface area contributed by atoms with Crippen molar-refractivity contribution in [1.82, 2.24) is 9.27 Å². The number of primary amides is 1. The van der Waals surface area contributed by atoms with Crippen LogP contribution in [-0.2, 0) is 4.79 Å². The van der Waals surface area contributed by atoms with Crippen molar-refractivity contribution in [1.29, 1.82) is 0 Å². The lowest BCUT2D eigenvalue weighted by atomic mass is 10.2. The Morgan fingerprint density at radius 2 is 2.35 bits per heavy atom. The van der Waals surface area contributed by atoms with E-state index in [9.17, 15) is 9.59 Å². The molecule has 2 heterocycles. The molecule has 1 unspecified atom stereocenters. The van der Waals surface area contributed by atoms with E-state index in [2.05, 4.69) is 9.69 Å². The van der Waals surface area contributed by atoms with Gasteiger partial charge in [0.05, 0.1) is 0 Å². The van der Waals surface area contributed by atoms with Crippen molar-refractivity contribution in [3.05, 3.63) is 5.56 Å². The number of nitrogen functional groups attached to an aromatic ring is 1. The van der Waals surface area contributed by atoms with Gasteiger partial charge in [-0.1, -0.05) is 0 Å². The zero-order valence-corrected chi connectivity index (χ0v) is 10.1. The summed E-state index contributed by atoms with van der Waals surface area (Å²) >= 11 is 1.04. The molecule has 1 fully saturated rings. The lowest BCUT2D eigenvalue weighted by Crippen LogP contribution is -2.31. The van der Waals surface area contributed by atoms with Crippen LogP contribution in [0.1, 0.15) is 16.8 Å². The van der Waals surface area contributed by atoms with E-state index in [1.54, 1.807) is 11.9 Å². The molecule has 1 atom stereocenters. The highest BCUT2D eigenvalue weighted by Crippen LogP contribution is 2.28. The monoisotopic (exact) mass is 255 g/mol. The number of carbonyl (C=O) groups excluding carboxylic acids is 2. The predicted octanol–water partition coefficient (Wildman–Crippen LogP) is -0.533. The van der Waals surface area contributed by atoms with Crippen molar-refractivity contribution in [2.45, 2.75) is 12.5 Å². The van der Waals surface area contributed by atoms with E-state index in [1.165, 1.54) is 0 Å². The number of amides is 2. The Morgan fingerprint density at radius 1 is 1.65 bits per heavy atom. The molecule has 1 saturated heterocycles. The van der Waals surface area contributed by atoms with Gasteiger partial charge < -0.3 is 21.7 Å². The van der Waals surface area contributed by atoms with E-state index in [0.29, 0.717) is 18.0 Å². The fourth-order valence-electron chi connectivity index (χ4n) is 1.75. The highest BCUT2D eigenvalue weighted by molar-refractivity contribution is 7.11. The molecule has 0 aliphatic carbocycles. The SMILES string of the molecule is CN1CCC(Nc2snc(N)c2C(N)=O)C1=O. The minimum absolute atomic E-state index is 0.00704. The number of aromatic nitrogens is 1. The van der Waals surface area contributed by atoms with Crippen molar-refractivity contribution < 1.29 is 9.59 Å². The molecule has 0 saturated carbocycles. The zero-order chi connectivity index (χ0) is 12.6. The fraction of sp³-hybridized carbons (Fsp3) is 0.444. The van der Waals surface area contributed by atoms with Gasteiger partial charge in [0, 0.05) is 13.6 Å². The summed E-state index contributed by atoms with van der Waals surface area (Å²) in [4.78, 5) is 24.5. The molecule has 92 valence electrons. The first-order valence-electron chi connectivity index (χ1n) is 5.07. The molecule has 7 nitrogen and oxygen atoms in total. The number of hydrogen-bond acceptors (Lipinski definition) is 6. The smallest absolute Gasteiger partial charge is 0.255 e. The van der Waals surface area contributed by atoms with Crippen molar-refractivity contribution in [2.75, 3.05) is 24.6 Å². The van der Waals surface area contributed by atoms with E-state index in [0.717, 1.165) is 11.5 Å². The van der Waals surface area contributed by atoms with Crippen LogP contribution in [0.15, 0.2) is 0 Å². The molecule has 0 bridgehead atoms. The summed E-state index contributed by atoms with van der Waals surface area (Å²) in [5, 5.41) is 3.44. The van der Waals surface area contributed by atoms with E-state index in [4.69, 9.17) is 11.5 Å². The van der Waals surface area contributed by atoms with Gasteiger partial charge in [-0.3, -0.25) is 9.59 Å². The Kier molecular flexibility index (Phi) is 2.88. The van der Waals surface area contributed by atoms with Gasteiger partial charge in [0.15, 0.2) is 5.82 Å². The van der Waals surface area contributed by atoms with Crippen LogP contribution in [0.25, 0.3) is 0 Å². The highest BCUT2D eigenvalue weighted by Gasteiger charge is 2.30. The number of anilines is 2. The molecule has 17 heavy (non-hydrogen) atoms. The van der Waals surface area contributed by atoms with Crippen molar-refractivity contribution in [2.24, 2.45) is 5.73 Å². The van der Waals surface area contributed by atoms with Gasteiger partial charge in [0.1, 0.15) is 16.6 Å². The summed E-state index contributed by atoms with van der Waals surface area (Å²) in [5.41, 5.74) is 10.9. The molecule has 0 spiro atoms. The van der Waals surface area contributed by atoms with Crippen LogP contribution in [0.2, 0.25) is 0 Å². The number of rotatable bonds is 3. The second-order valence-corrected chi connectivity index (χ2v) is 4.65. The maximum absolute atomic E-state index is 11.7. The topological polar surface area (TPSA) is 114 Å². The van der Waals surface area contributed by atoms with Gasteiger partial charge in [-0.05, 0) is 18.0 Å². The van der Waals surface area contributed by atoms with Gasteiger partial charge in [-0.2, -0.15) is 4.37 Å². The van der Waals surface area contributed by atoms with Crippen LogP contribution in [0.4, 0.5) is 10.8 Å². The van der Waals surface area contributed by atoms with Crippen LogP contribution in [-0.4, -0.2) is 40.7 Å². The van der Waals surface area contributed by atoms with Gasteiger partial charge in [0.2, 0.25) is 5.91 Å². The first-order valence-corrected chi connectivity index (χ1v) is 5.84. The lowest BCUT2D eigenvalue weighted by molar-refractivity contribution is -0.127. The largest absolute Gasteiger partial charge is 0.382 e. The van der Waals surface area contributed by atoms with Crippen molar-refractivity contribution >= 4 is 34.2 Å². The Bertz CT molecular complexity index is 472. The summed E-state index contributed by atoms with van der Waals surface area (Å²) in [6.45, 7) is 0.691. The maximum atomic E-state index is 11.7. The predicted molar refractivity (Wildman–Crippen MR) is 64.7 cm³/mol. The van der Waals surface area contributed by atoms with Crippen LogP contribution < -0.4 is 16.8 Å². The number of nitrogens with two attached hydrogens (primary N) is 2. The van der Waals surface area contributed by atoms with E-state index < -0.39 is 5.91 Å². The molecule has 2 rings (SSSR count). The molecule has 5 N–H and O–H groups in total. The van der Waals surface area contributed by atoms with Crippen LogP contribution >= 0.6 is 11.5 Å². The Morgan fingerprint density at radius 3 is 2.88 bits per heavy atom. The summed E-state index contributed by atoms with van der Waals surface area (Å²) in [6.07, 6.45) is 0.686. The number of likely N-dealkylation sites (N-methyl/N-ethyl adjacent to an activating group) is 1. The van der Waals surface area contributed by atoms with Crippen molar-refractivity contribution in [3.8, 4) is 0 Å². The average molecular weight is 255 g/mol. The van der Waals surface area contributed by atoms with Crippen LogP contribution in [0.5, 0.6) is 0 Å². The Balaban J connectivity index is 2.20. The van der Waals surface area contributed by atoms with Gasteiger partial charge in [-0.15, -0.1) is 0 Å². The summed E-state index contributed by atoms with van der Waals surface area (Å²) in [7, 11) is 1.74. The second kappa shape index (κ2) is 4.21. The van der Waals surface area contributed by atoms with E-state index in [1.807, 2.05) is 0 Å². The quantitative estimate of drug-likeness (QED) is 0.671.